The second-order valence-electron chi connectivity index (χ2n) is 3.88. The molecule has 1 rings (SSSR count). The van der Waals surface area contributed by atoms with E-state index in [-0.39, 0.29) is 11.2 Å². The van der Waals surface area contributed by atoms with Gasteiger partial charge in [-0.2, -0.15) is 0 Å². The van der Waals surface area contributed by atoms with Crippen molar-refractivity contribution in [2.24, 2.45) is 17.1 Å². The average molecular weight is 167 g/mol. The number of allylic oxidation sites excluding steroid dienone is 2. The van der Waals surface area contributed by atoms with E-state index in [1.165, 1.54) is 6.08 Å². The van der Waals surface area contributed by atoms with Gasteiger partial charge in [-0.25, -0.2) is 0 Å². The van der Waals surface area contributed by atoms with Crippen LogP contribution < -0.4 is 5.73 Å². The molecule has 66 valence electrons. The topological polar surface area (TPSA) is 60.2 Å². The van der Waals surface area contributed by atoms with Crippen molar-refractivity contribution in [3.05, 3.63) is 12.2 Å². The molecule has 1 aliphatic carbocycles. The first-order chi connectivity index (χ1) is 5.42. The Bertz CT molecular complexity index is 253. The van der Waals surface area contributed by atoms with Gasteiger partial charge in [0.05, 0.1) is 0 Å². The fourth-order valence-corrected chi connectivity index (χ4v) is 1.36. The van der Waals surface area contributed by atoms with Crippen molar-refractivity contribution in [1.82, 2.24) is 0 Å². The van der Waals surface area contributed by atoms with Crippen LogP contribution in [0.5, 0.6) is 0 Å². The molecule has 0 bridgehead atoms. The summed E-state index contributed by atoms with van der Waals surface area (Å²) in [5.41, 5.74) is 5.00. The van der Waals surface area contributed by atoms with Crippen LogP contribution in [0.25, 0.3) is 0 Å². The van der Waals surface area contributed by atoms with Crippen LogP contribution in [0.15, 0.2) is 12.2 Å². The lowest BCUT2D eigenvalue weighted by Gasteiger charge is -2.27. The SMILES string of the molecule is CC1(C)C=CC(=O)C(C(N)=O)C1. The van der Waals surface area contributed by atoms with Gasteiger partial charge < -0.3 is 5.73 Å². The molecule has 1 aliphatic rings. The van der Waals surface area contributed by atoms with Gasteiger partial charge in [-0.15, -0.1) is 0 Å². The van der Waals surface area contributed by atoms with Crippen LogP contribution in [-0.2, 0) is 9.59 Å². The normalized spacial score (nSPS) is 27.2. The van der Waals surface area contributed by atoms with Crippen molar-refractivity contribution in [3.63, 3.8) is 0 Å². The standard InChI is InChI=1S/C9H13NO2/c1-9(2)4-3-7(11)6(5-9)8(10)12/h3-4,6H,5H2,1-2H3,(H2,10,12). The Morgan fingerprint density at radius 1 is 1.67 bits per heavy atom. The minimum absolute atomic E-state index is 0.0897. The molecule has 0 aromatic heterocycles. The molecule has 0 aromatic rings. The predicted molar refractivity (Wildman–Crippen MR) is 45.2 cm³/mol. The van der Waals surface area contributed by atoms with Gasteiger partial charge in [-0.1, -0.05) is 19.9 Å². The third-order valence-corrected chi connectivity index (χ3v) is 2.12. The number of carbonyl (C=O) groups excluding carboxylic acids is 2. The van der Waals surface area contributed by atoms with E-state index in [1.807, 2.05) is 19.9 Å². The van der Waals surface area contributed by atoms with Crippen molar-refractivity contribution >= 4 is 11.7 Å². The van der Waals surface area contributed by atoms with Crippen molar-refractivity contribution in [1.29, 1.82) is 0 Å². The predicted octanol–water partition coefficient (Wildman–Crippen LogP) is 0.643. The Hall–Kier alpha value is -1.12. The van der Waals surface area contributed by atoms with Crippen LogP contribution in [0.3, 0.4) is 0 Å². The molecule has 0 saturated heterocycles. The fraction of sp³-hybridized carbons (Fsp3) is 0.556. The number of primary amides is 1. The lowest BCUT2D eigenvalue weighted by atomic mass is 9.76. The Kier molecular flexibility index (Phi) is 2.04. The van der Waals surface area contributed by atoms with Crippen molar-refractivity contribution in [2.45, 2.75) is 20.3 Å². The Morgan fingerprint density at radius 3 is 2.67 bits per heavy atom. The van der Waals surface area contributed by atoms with Crippen LogP contribution in [0.1, 0.15) is 20.3 Å². The zero-order valence-corrected chi connectivity index (χ0v) is 7.33. The van der Waals surface area contributed by atoms with E-state index in [2.05, 4.69) is 0 Å². The third-order valence-electron chi connectivity index (χ3n) is 2.12. The maximum atomic E-state index is 11.1. The van der Waals surface area contributed by atoms with E-state index in [9.17, 15) is 9.59 Å². The number of ketones is 1. The van der Waals surface area contributed by atoms with Crippen LogP contribution in [-0.4, -0.2) is 11.7 Å². The van der Waals surface area contributed by atoms with Crippen LogP contribution in [0.4, 0.5) is 0 Å². The summed E-state index contributed by atoms with van der Waals surface area (Å²) >= 11 is 0. The van der Waals surface area contributed by atoms with Crippen molar-refractivity contribution < 1.29 is 9.59 Å². The summed E-state index contributed by atoms with van der Waals surface area (Å²) in [7, 11) is 0. The molecule has 0 fully saturated rings. The van der Waals surface area contributed by atoms with E-state index in [4.69, 9.17) is 5.73 Å². The minimum Gasteiger partial charge on any atom is -0.369 e. The van der Waals surface area contributed by atoms with Gasteiger partial charge in [0.1, 0.15) is 5.92 Å². The van der Waals surface area contributed by atoms with Crippen molar-refractivity contribution in [3.8, 4) is 0 Å². The maximum absolute atomic E-state index is 11.1. The molecule has 1 atom stereocenters. The van der Waals surface area contributed by atoms with Gasteiger partial charge in [0.2, 0.25) is 5.91 Å². The molecular weight excluding hydrogens is 154 g/mol. The third kappa shape index (κ3) is 1.72. The highest BCUT2D eigenvalue weighted by Gasteiger charge is 2.32. The van der Waals surface area contributed by atoms with Crippen molar-refractivity contribution in [2.75, 3.05) is 0 Å². The number of hydrogen-bond donors (Lipinski definition) is 1. The Labute approximate surface area is 71.6 Å². The van der Waals surface area contributed by atoms with E-state index >= 15 is 0 Å². The zero-order chi connectivity index (χ0) is 9.35. The lowest BCUT2D eigenvalue weighted by molar-refractivity contribution is -0.131. The molecule has 0 spiro atoms. The minimum atomic E-state index is -0.620. The molecule has 0 aromatic carbocycles. The Balaban J connectivity index is 2.88. The molecule has 1 amide bonds. The fourth-order valence-electron chi connectivity index (χ4n) is 1.36. The van der Waals surface area contributed by atoms with Gasteiger partial charge in [0.15, 0.2) is 5.78 Å². The first kappa shape index (κ1) is 8.97. The number of carbonyl (C=O) groups is 2. The van der Waals surface area contributed by atoms with Gasteiger partial charge in [-0.3, -0.25) is 9.59 Å². The molecule has 3 heteroatoms. The first-order valence-electron chi connectivity index (χ1n) is 3.95. The summed E-state index contributed by atoms with van der Waals surface area (Å²) in [5.74, 6) is -1.30. The summed E-state index contributed by atoms with van der Waals surface area (Å²) in [5, 5.41) is 0. The highest BCUT2D eigenvalue weighted by molar-refractivity contribution is 6.06. The molecule has 0 radical (unpaired) electrons. The van der Waals surface area contributed by atoms with Gasteiger partial charge in [-0.05, 0) is 17.9 Å². The number of amides is 1. The van der Waals surface area contributed by atoms with Crippen LogP contribution in [0, 0.1) is 11.3 Å². The van der Waals surface area contributed by atoms with Gasteiger partial charge >= 0.3 is 0 Å². The zero-order valence-electron chi connectivity index (χ0n) is 7.33. The van der Waals surface area contributed by atoms with Gasteiger partial charge in [0.25, 0.3) is 0 Å². The quantitative estimate of drug-likeness (QED) is 0.583. The molecule has 0 aliphatic heterocycles. The Morgan fingerprint density at radius 2 is 2.25 bits per heavy atom. The maximum Gasteiger partial charge on any atom is 0.228 e. The summed E-state index contributed by atoms with van der Waals surface area (Å²) in [6.45, 7) is 3.96. The molecule has 3 nitrogen and oxygen atoms in total. The average Bonchev–Trinajstić information content (AvgIpc) is 1.94. The summed E-state index contributed by atoms with van der Waals surface area (Å²) in [6, 6.07) is 0. The summed E-state index contributed by atoms with van der Waals surface area (Å²) < 4.78 is 0. The van der Waals surface area contributed by atoms with E-state index in [1.54, 1.807) is 0 Å². The largest absolute Gasteiger partial charge is 0.369 e. The highest BCUT2D eigenvalue weighted by atomic mass is 16.2. The van der Waals surface area contributed by atoms with E-state index in [0.717, 1.165) is 0 Å². The summed E-state index contributed by atoms with van der Waals surface area (Å²) in [6.07, 6.45) is 3.81. The van der Waals surface area contributed by atoms with E-state index in [0.29, 0.717) is 6.42 Å². The van der Waals surface area contributed by atoms with Crippen LogP contribution >= 0.6 is 0 Å². The second-order valence-corrected chi connectivity index (χ2v) is 3.88. The first-order valence-corrected chi connectivity index (χ1v) is 3.95. The highest BCUT2D eigenvalue weighted by Crippen LogP contribution is 2.31. The monoisotopic (exact) mass is 167 g/mol. The molecule has 0 heterocycles. The molecule has 12 heavy (non-hydrogen) atoms. The molecule has 1 unspecified atom stereocenters. The second kappa shape index (κ2) is 2.73. The number of nitrogens with two attached hydrogens (primary N) is 1. The van der Waals surface area contributed by atoms with Crippen LogP contribution in [0.2, 0.25) is 0 Å². The van der Waals surface area contributed by atoms with E-state index < -0.39 is 11.8 Å². The molecule has 2 N–H and O–H groups in total. The summed E-state index contributed by atoms with van der Waals surface area (Å²) in [4.78, 5) is 22.0. The smallest absolute Gasteiger partial charge is 0.228 e. The number of hydrogen-bond acceptors (Lipinski definition) is 2. The molecule has 0 saturated carbocycles. The van der Waals surface area contributed by atoms with Gasteiger partial charge in [0, 0.05) is 0 Å². The number of rotatable bonds is 1. The molecular formula is C9H13NO2. The lowest BCUT2D eigenvalue weighted by Crippen LogP contribution is -2.35.